The van der Waals surface area contributed by atoms with Crippen molar-refractivity contribution in [1.29, 1.82) is 0 Å². The number of likely N-dealkylation sites (tertiary alicyclic amines) is 1. The lowest BCUT2D eigenvalue weighted by Gasteiger charge is -2.49. The highest BCUT2D eigenvalue weighted by molar-refractivity contribution is 5.03. The summed E-state index contributed by atoms with van der Waals surface area (Å²) in [5.41, 5.74) is 6.27. The van der Waals surface area contributed by atoms with Gasteiger partial charge in [-0.1, -0.05) is 26.7 Å². The van der Waals surface area contributed by atoms with Crippen LogP contribution in [-0.2, 0) is 4.74 Å². The molecule has 0 aromatic carbocycles. The third-order valence-corrected chi connectivity index (χ3v) is 5.18. The number of methoxy groups -OCH3 is 1. The molecule has 0 spiro atoms. The molecule has 2 rings (SSSR count). The molecule has 17 heavy (non-hydrogen) atoms. The molecule has 0 radical (unpaired) electrons. The molecule has 0 amide bonds. The molecular formula is C14H28N2O. The van der Waals surface area contributed by atoms with Crippen LogP contribution in [0.1, 0.15) is 39.5 Å². The molecule has 2 N–H and O–H groups in total. The van der Waals surface area contributed by atoms with Gasteiger partial charge >= 0.3 is 0 Å². The molecule has 2 aliphatic rings. The van der Waals surface area contributed by atoms with Crippen LogP contribution in [0.4, 0.5) is 0 Å². The Morgan fingerprint density at radius 2 is 1.88 bits per heavy atom. The smallest absolute Gasteiger partial charge is 0.0767 e. The van der Waals surface area contributed by atoms with Gasteiger partial charge in [0.05, 0.1) is 11.6 Å². The van der Waals surface area contributed by atoms with Crippen molar-refractivity contribution in [2.24, 2.45) is 17.6 Å². The molecule has 1 heterocycles. The van der Waals surface area contributed by atoms with E-state index in [4.69, 9.17) is 10.5 Å². The van der Waals surface area contributed by atoms with Crippen molar-refractivity contribution < 1.29 is 4.74 Å². The van der Waals surface area contributed by atoms with E-state index < -0.39 is 0 Å². The minimum Gasteiger partial charge on any atom is -0.379 e. The van der Waals surface area contributed by atoms with Gasteiger partial charge in [0.2, 0.25) is 0 Å². The van der Waals surface area contributed by atoms with Gasteiger partial charge in [-0.3, -0.25) is 4.90 Å². The zero-order chi connectivity index (χ0) is 12.5. The monoisotopic (exact) mass is 240 g/mol. The zero-order valence-electron chi connectivity index (χ0n) is 11.6. The van der Waals surface area contributed by atoms with Crippen LogP contribution < -0.4 is 5.73 Å². The largest absolute Gasteiger partial charge is 0.379 e. The van der Waals surface area contributed by atoms with Gasteiger partial charge in [-0.2, -0.15) is 0 Å². The van der Waals surface area contributed by atoms with Crippen molar-refractivity contribution in [2.75, 3.05) is 26.7 Å². The quantitative estimate of drug-likeness (QED) is 0.818. The molecule has 100 valence electrons. The van der Waals surface area contributed by atoms with Gasteiger partial charge in [0.1, 0.15) is 0 Å². The molecule has 2 fully saturated rings. The van der Waals surface area contributed by atoms with E-state index in [9.17, 15) is 0 Å². The Bertz CT molecular complexity index is 249. The Kier molecular flexibility index (Phi) is 4.11. The van der Waals surface area contributed by atoms with Gasteiger partial charge in [0.15, 0.2) is 0 Å². The molecule has 0 bridgehead atoms. The molecule has 3 nitrogen and oxygen atoms in total. The third kappa shape index (κ3) is 2.25. The lowest BCUT2D eigenvalue weighted by atomic mass is 9.77. The van der Waals surface area contributed by atoms with Crippen LogP contribution in [0.25, 0.3) is 0 Å². The molecule has 1 saturated carbocycles. The van der Waals surface area contributed by atoms with E-state index in [1.807, 2.05) is 7.11 Å². The molecule has 0 aromatic heterocycles. The zero-order valence-corrected chi connectivity index (χ0v) is 11.6. The Balaban J connectivity index is 2.17. The number of hydrogen-bond acceptors (Lipinski definition) is 3. The van der Waals surface area contributed by atoms with Gasteiger partial charge in [-0.15, -0.1) is 0 Å². The van der Waals surface area contributed by atoms with Crippen molar-refractivity contribution in [3.8, 4) is 0 Å². The molecule has 4 atom stereocenters. The molecule has 3 heteroatoms. The van der Waals surface area contributed by atoms with Gasteiger partial charge in [0, 0.05) is 26.7 Å². The van der Waals surface area contributed by atoms with Crippen LogP contribution >= 0.6 is 0 Å². The van der Waals surface area contributed by atoms with Crippen LogP contribution in [0.3, 0.4) is 0 Å². The lowest BCUT2D eigenvalue weighted by Crippen LogP contribution is -2.62. The normalized spacial score (nSPS) is 44.1. The summed E-state index contributed by atoms with van der Waals surface area (Å²) in [6.07, 6.45) is 5.31. The molecular weight excluding hydrogens is 212 g/mol. The Morgan fingerprint density at radius 3 is 2.41 bits per heavy atom. The van der Waals surface area contributed by atoms with E-state index in [-0.39, 0.29) is 5.54 Å². The molecule has 1 saturated heterocycles. The highest BCUT2D eigenvalue weighted by Gasteiger charge is 2.47. The first-order chi connectivity index (χ1) is 8.14. The van der Waals surface area contributed by atoms with E-state index in [0.717, 1.165) is 18.4 Å². The predicted octanol–water partition coefficient (Wildman–Crippen LogP) is 1.86. The van der Waals surface area contributed by atoms with Crippen LogP contribution in [-0.4, -0.2) is 43.3 Å². The number of hydrogen-bond donors (Lipinski definition) is 1. The Morgan fingerprint density at radius 1 is 1.24 bits per heavy atom. The second-order valence-corrected chi connectivity index (χ2v) is 6.14. The standard InChI is InChI=1S/C14H28N2O/c1-11-8-16(9-12(11)2)14(10-15)7-5-4-6-13(14)17-3/h11-13H,4-10,15H2,1-3H3. The number of nitrogens with two attached hydrogens (primary N) is 1. The van der Waals surface area contributed by atoms with Crippen molar-refractivity contribution in [2.45, 2.75) is 51.2 Å². The average Bonchev–Trinajstić information content (AvgIpc) is 2.69. The van der Waals surface area contributed by atoms with Gasteiger partial charge in [0.25, 0.3) is 0 Å². The van der Waals surface area contributed by atoms with E-state index in [1.165, 1.54) is 38.8 Å². The first kappa shape index (κ1) is 13.3. The second kappa shape index (κ2) is 5.25. The third-order valence-electron chi connectivity index (χ3n) is 5.18. The van der Waals surface area contributed by atoms with E-state index in [1.54, 1.807) is 0 Å². The SMILES string of the molecule is COC1CCCCC1(CN)N1CC(C)C(C)C1. The van der Waals surface area contributed by atoms with E-state index in [0.29, 0.717) is 6.10 Å². The molecule has 1 aliphatic heterocycles. The first-order valence-corrected chi connectivity index (χ1v) is 7.12. The van der Waals surface area contributed by atoms with Crippen molar-refractivity contribution in [3.05, 3.63) is 0 Å². The Hall–Kier alpha value is -0.120. The summed E-state index contributed by atoms with van der Waals surface area (Å²) in [5.74, 6) is 1.58. The Labute approximate surface area is 106 Å². The minimum absolute atomic E-state index is 0.117. The predicted molar refractivity (Wildman–Crippen MR) is 71.0 cm³/mol. The summed E-state index contributed by atoms with van der Waals surface area (Å²) in [4.78, 5) is 2.63. The van der Waals surface area contributed by atoms with E-state index >= 15 is 0 Å². The number of rotatable bonds is 3. The maximum atomic E-state index is 6.15. The van der Waals surface area contributed by atoms with Crippen molar-refractivity contribution >= 4 is 0 Å². The fraction of sp³-hybridized carbons (Fsp3) is 1.00. The van der Waals surface area contributed by atoms with E-state index in [2.05, 4.69) is 18.7 Å². The molecule has 0 aromatic rings. The van der Waals surface area contributed by atoms with Crippen molar-refractivity contribution in [3.63, 3.8) is 0 Å². The number of nitrogens with zero attached hydrogens (tertiary/aromatic N) is 1. The van der Waals surface area contributed by atoms with Crippen molar-refractivity contribution in [1.82, 2.24) is 4.90 Å². The fourth-order valence-corrected chi connectivity index (χ4v) is 3.75. The lowest BCUT2D eigenvalue weighted by molar-refractivity contribution is -0.0686. The van der Waals surface area contributed by atoms with Gasteiger partial charge < -0.3 is 10.5 Å². The topological polar surface area (TPSA) is 38.5 Å². The minimum atomic E-state index is 0.117. The van der Waals surface area contributed by atoms with Gasteiger partial charge in [-0.25, -0.2) is 0 Å². The van der Waals surface area contributed by atoms with Crippen LogP contribution in [0, 0.1) is 11.8 Å². The summed E-state index contributed by atoms with van der Waals surface area (Å²) in [5, 5.41) is 0. The number of ether oxygens (including phenoxy) is 1. The highest BCUT2D eigenvalue weighted by atomic mass is 16.5. The summed E-state index contributed by atoms with van der Waals surface area (Å²) in [6, 6.07) is 0. The first-order valence-electron chi connectivity index (χ1n) is 7.12. The van der Waals surface area contributed by atoms with Crippen LogP contribution in [0.2, 0.25) is 0 Å². The van der Waals surface area contributed by atoms with Gasteiger partial charge in [-0.05, 0) is 24.7 Å². The summed E-state index contributed by atoms with van der Waals surface area (Å²) in [6.45, 7) is 7.85. The summed E-state index contributed by atoms with van der Waals surface area (Å²) < 4.78 is 5.76. The van der Waals surface area contributed by atoms with Crippen LogP contribution in [0.5, 0.6) is 0 Å². The molecule has 4 unspecified atom stereocenters. The second-order valence-electron chi connectivity index (χ2n) is 6.14. The maximum Gasteiger partial charge on any atom is 0.0767 e. The maximum absolute atomic E-state index is 6.15. The average molecular weight is 240 g/mol. The fourth-order valence-electron chi connectivity index (χ4n) is 3.75. The molecule has 1 aliphatic carbocycles. The summed E-state index contributed by atoms with van der Waals surface area (Å²) >= 11 is 0. The van der Waals surface area contributed by atoms with Crippen LogP contribution in [0.15, 0.2) is 0 Å². The summed E-state index contributed by atoms with van der Waals surface area (Å²) in [7, 11) is 1.85. The highest BCUT2D eigenvalue weighted by Crippen LogP contribution is 2.39.